The minimum atomic E-state index is -4.71. The van der Waals surface area contributed by atoms with Crippen LogP contribution in [0.2, 0.25) is 0 Å². The highest BCUT2D eigenvalue weighted by molar-refractivity contribution is 4.82. The number of alkyl halides is 4. The molecule has 0 aliphatic heterocycles. The van der Waals surface area contributed by atoms with Crippen molar-refractivity contribution >= 4 is 0 Å². The van der Waals surface area contributed by atoms with Crippen LogP contribution in [0.5, 0.6) is 0 Å². The van der Waals surface area contributed by atoms with Crippen LogP contribution in [-0.4, -0.2) is 18.9 Å². The molecule has 3 unspecified atom stereocenters. The molecule has 5 heteroatoms. The van der Waals surface area contributed by atoms with Gasteiger partial charge in [-0.2, -0.15) is 13.2 Å². The smallest absolute Gasteiger partial charge is 0.330 e. The van der Waals surface area contributed by atoms with Crippen LogP contribution < -0.4 is 5.73 Å². The minimum Gasteiger partial charge on any atom is -0.330 e. The zero-order chi connectivity index (χ0) is 10.8. The third-order valence-electron chi connectivity index (χ3n) is 2.88. The van der Waals surface area contributed by atoms with Crippen LogP contribution in [0.1, 0.15) is 25.7 Å². The summed E-state index contributed by atoms with van der Waals surface area (Å²) in [6.45, 7) is 0.362. The number of rotatable bonds is 2. The summed E-state index contributed by atoms with van der Waals surface area (Å²) in [7, 11) is 0. The van der Waals surface area contributed by atoms with Crippen molar-refractivity contribution in [2.24, 2.45) is 17.6 Å². The average Bonchev–Trinajstić information content (AvgIpc) is 2.15. The van der Waals surface area contributed by atoms with Crippen molar-refractivity contribution in [2.75, 3.05) is 6.54 Å². The van der Waals surface area contributed by atoms with E-state index in [2.05, 4.69) is 0 Å². The van der Waals surface area contributed by atoms with E-state index in [9.17, 15) is 17.6 Å². The molecule has 0 bridgehead atoms. The molecular formula is C9H15F4N. The Hall–Kier alpha value is -0.320. The fraction of sp³-hybridized carbons (Fsp3) is 1.00. The molecule has 1 fully saturated rings. The van der Waals surface area contributed by atoms with Crippen LogP contribution in [-0.2, 0) is 0 Å². The van der Waals surface area contributed by atoms with Gasteiger partial charge in [-0.3, -0.25) is 0 Å². The standard InChI is InChI=1S/C9H15F4N/c10-8(9(11,12)13)7-3-1-2-6(4-7)5-14/h6-8H,1-5,14H2. The van der Waals surface area contributed by atoms with Gasteiger partial charge in [-0.05, 0) is 37.6 Å². The molecule has 3 atom stereocenters. The van der Waals surface area contributed by atoms with Crippen molar-refractivity contribution in [1.82, 2.24) is 0 Å². The molecule has 0 radical (unpaired) electrons. The normalized spacial score (nSPS) is 31.5. The summed E-state index contributed by atoms with van der Waals surface area (Å²) in [5.41, 5.74) is 5.37. The van der Waals surface area contributed by atoms with Crippen molar-refractivity contribution in [1.29, 1.82) is 0 Å². The van der Waals surface area contributed by atoms with Gasteiger partial charge in [-0.15, -0.1) is 0 Å². The van der Waals surface area contributed by atoms with Crippen molar-refractivity contribution in [3.05, 3.63) is 0 Å². The highest BCUT2D eigenvalue weighted by Crippen LogP contribution is 2.38. The lowest BCUT2D eigenvalue weighted by Crippen LogP contribution is -2.36. The van der Waals surface area contributed by atoms with Gasteiger partial charge in [0.25, 0.3) is 0 Å². The highest BCUT2D eigenvalue weighted by atomic mass is 19.4. The quantitative estimate of drug-likeness (QED) is 0.701. The highest BCUT2D eigenvalue weighted by Gasteiger charge is 2.46. The van der Waals surface area contributed by atoms with Crippen LogP contribution in [0.3, 0.4) is 0 Å². The maximum Gasteiger partial charge on any atom is 0.419 e. The first-order valence-corrected chi connectivity index (χ1v) is 4.86. The Balaban J connectivity index is 2.51. The molecule has 1 rings (SSSR count). The van der Waals surface area contributed by atoms with E-state index in [0.717, 1.165) is 6.42 Å². The summed E-state index contributed by atoms with van der Waals surface area (Å²) in [4.78, 5) is 0. The van der Waals surface area contributed by atoms with Gasteiger partial charge < -0.3 is 5.73 Å². The molecule has 0 amide bonds. The third kappa shape index (κ3) is 2.83. The summed E-state index contributed by atoms with van der Waals surface area (Å²) >= 11 is 0. The zero-order valence-corrected chi connectivity index (χ0v) is 7.86. The first-order valence-electron chi connectivity index (χ1n) is 4.86. The van der Waals surface area contributed by atoms with E-state index < -0.39 is 18.3 Å². The molecule has 0 aromatic carbocycles. The van der Waals surface area contributed by atoms with Crippen LogP contribution in [0.25, 0.3) is 0 Å². The van der Waals surface area contributed by atoms with Gasteiger partial charge in [0.1, 0.15) is 0 Å². The van der Waals surface area contributed by atoms with Crippen molar-refractivity contribution in [3.63, 3.8) is 0 Å². The van der Waals surface area contributed by atoms with E-state index in [1.807, 2.05) is 0 Å². The Kier molecular flexibility index (Phi) is 3.75. The van der Waals surface area contributed by atoms with Gasteiger partial charge in [0.15, 0.2) is 6.17 Å². The molecule has 84 valence electrons. The van der Waals surface area contributed by atoms with Crippen LogP contribution in [0.4, 0.5) is 17.6 Å². The Morgan fingerprint density at radius 3 is 2.43 bits per heavy atom. The number of hydrogen-bond acceptors (Lipinski definition) is 1. The summed E-state index contributed by atoms with van der Waals surface area (Å²) < 4.78 is 49.1. The van der Waals surface area contributed by atoms with E-state index in [4.69, 9.17) is 5.73 Å². The number of hydrogen-bond donors (Lipinski definition) is 1. The van der Waals surface area contributed by atoms with E-state index in [1.54, 1.807) is 0 Å². The maximum atomic E-state index is 12.9. The second-order valence-electron chi connectivity index (χ2n) is 3.97. The van der Waals surface area contributed by atoms with Gasteiger partial charge in [0.05, 0.1) is 0 Å². The molecule has 1 nitrogen and oxygen atoms in total. The number of halogens is 4. The first kappa shape index (κ1) is 11.8. The Labute approximate surface area is 80.7 Å². The maximum absolute atomic E-state index is 12.9. The predicted molar refractivity (Wildman–Crippen MR) is 45.5 cm³/mol. The monoisotopic (exact) mass is 213 g/mol. The lowest BCUT2D eigenvalue weighted by Gasteiger charge is -2.31. The van der Waals surface area contributed by atoms with Gasteiger partial charge in [0.2, 0.25) is 0 Å². The largest absolute Gasteiger partial charge is 0.419 e. The molecular weight excluding hydrogens is 198 g/mol. The average molecular weight is 213 g/mol. The van der Waals surface area contributed by atoms with Crippen molar-refractivity contribution < 1.29 is 17.6 Å². The first-order chi connectivity index (χ1) is 6.45. The zero-order valence-electron chi connectivity index (χ0n) is 7.86. The van der Waals surface area contributed by atoms with Gasteiger partial charge in [0, 0.05) is 0 Å². The lowest BCUT2D eigenvalue weighted by molar-refractivity contribution is -0.198. The molecule has 1 aliphatic carbocycles. The molecule has 0 spiro atoms. The van der Waals surface area contributed by atoms with Crippen LogP contribution in [0, 0.1) is 11.8 Å². The fourth-order valence-electron chi connectivity index (χ4n) is 2.08. The summed E-state index contributed by atoms with van der Waals surface area (Å²) in [6.07, 6.45) is -5.28. The Bertz CT molecular complexity index is 180. The fourth-order valence-corrected chi connectivity index (χ4v) is 2.08. The van der Waals surface area contributed by atoms with E-state index >= 15 is 0 Å². The van der Waals surface area contributed by atoms with Gasteiger partial charge >= 0.3 is 6.18 Å². The molecule has 0 aromatic rings. The third-order valence-corrected chi connectivity index (χ3v) is 2.88. The van der Waals surface area contributed by atoms with Crippen LogP contribution in [0.15, 0.2) is 0 Å². The van der Waals surface area contributed by atoms with E-state index in [0.29, 0.717) is 19.4 Å². The van der Waals surface area contributed by atoms with Crippen molar-refractivity contribution in [3.8, 4) is 0 Å². The van der Waals surface area contributed by atoms with Gasteiger partial charge in [-0.25, -0.2) is 4.39 Å². The molecule has 1 aliphatic rings. The Morgan fingerprint density at radius 1 is 1.29 bits per heavy atom. The SMILES string of the molecule is NCC1CCCC(C(F)C(F)(F)F)C1. The van der Waals surface area contributed by atoms with Gasteiger partial charge in [-0.1, -0.05) is 6.42 Å². The molecule has 0 aromatic heterocycles. The summed E-state index contributed by atoms with van der Waals surface area (Å²) in [6, 6.07) is 0. The van der Waals surface area contributed by atoms with Crippen molar-refractivity contribution in [2.45, 2.75) is 38.0 Å². The van der Waals surface area contributed by atoms with Crippen LogP contribution >= 0.6 is 0 Å². The molecule has 2 N–H and O–H groups in total. The summed E-state index contributed by atoms with van der Waals surface area (Å²) in [5, 5.41) is 0. The second-order valence-corrected chi connectivity index (χ2v) is 3.97. The molecule has 0 saturated heterocycles. The molecule has 0 heterocycles. The second kappa shape index (κ2) is 4.47. The van der Waals surface area contributed by atoms with E-state index in [-0.39, 0.29) is 12.3 Å². The summed E-state index contributed by atoms with van der Waals surface area (Å²) in [5.74, 6) is -0.813. The molecule has 14 heavy (non-hydrogen) atoms. The Morgan fingerprint density at radius 2 is 1.93 bits per heavy atom. The minimum absolute atomic E-state index is 0.0642. The predicted octanol–water partition coefficient (Wildman–Crippen LogP) is 2.65. The van der Waals surface area contributed by atoms with E-state index in [1.165, 1.54) is 0 Å². The lowest BCUT2D eigenvalue weighted by atomic mass is 9.79. The topological polar surface area (TPSA) is 26.0 Å². The number of nitrogens with two attached hydrogens (primary N) is 1. The molecule has 1 saturated carbocycles.